The van der Waals surface area contributed by atoms with Crippen LogP contribution in [0.2, 0.25) is 0 Å². The first kappa shape index (κ1) is 25.0. The van der Waals surface area contributed by atoms with Gasteiger partial charge in [-0.05, 0) is 42.8 Å². The highest BCUT2D eigenvalue weighted by Crippen LogP contribution is 2.33. The normalized spacial score (nSPS) is 14.7. The highest BCUT2D eigenvalue weighted by Gasteiger charge is 2.22. The molecule has 1 fully saturated rings. The summed E-state index contributed by atoms with van der Waals surface area (Å²) in [4.78, 5) is 33.6. The summed E-state index contributed by atoms with van der Waals surface area (Å²) in [5.41, 5.74) is 12.5. The molecule has 190 valence electrons. The first-order valence-electron chi connectivity index (χ1n) is 12.0. The number of nitrogens with two attached hydrogens (primary N) is 2. The molecule has 36 heavy (non-hydrogen) atoms. The average Bonchev–Trinajstić information content (AvgIpc) is 3.59. The minimum absolute atomic E-state index is 0.0835. The molecule has 3 heterocycles. The van der Waals surface area contributed by atoms with Gasteiger partial charge in [0.2, 0.25) is 11.8 Å². The van der Waals surface area contributed by atoms with Gasteiger partial charge in [-0.15, -0.1) is 0 Å². The van der Waals surface area contributed by atoms with Gasteiger partial charge in [0.05, 0.1) is 19.8 Å². The van der Waals surface area contributed by atoms with E-state index >= 15 is 0 Å². The number of nitrogens with one attached hydrogen (secondary N) is 3. The zero-order valence-corrected chi connectivity index (χ0v) is 20.3. The van der Waals surface area contributed by atoms with E-state index < -0.39 is 11.9 Å². The first-order chi connectivity index (χ1) is 17.5. The number of ether oxygens (including phenoxy) is 1. The minimum Gasteiger partial charge on any atom is -0.496 e. The molecule has 0 radical (unpaired) electrons. The van der Waals surface area contributed by atoms with E-state index in [9.17, 15) is 9.59 Å². The van der Waals surface area contributed by atoms with Gasteiger partial charge in [-0.2, -0.15) is 0 Å². The third-order valence-electron chi connectivity index (χ3n) is 6.12. The van der Waals surface area contributed by atoms with Crippen molar-refractivity contribution in [3.05, 3.63) is 42.7 Å². The van der Waals surface area contributed by atoms with E-state index in [-0.39, 0.29) is 18.7 Å². The molecule has 0 spiro atoms. The summed E-state index contributed by atoms with van der Waals surface area (Å²) in [6.45, 7) is 2.99. The summed E-state index contributed by atoms with van der Waals surface area (Å²) < 4.78 is 5.31. The molecule has 1 aromatic heterocycles. The molecule has 2 aliphatic rings. The molecule has 0 aliphatic carbocycles. The van der Waals surface area contributed by atoms with E-state index in [0.717, 1.165) is 53.6 Å². The second kappa shape index (κ2) is 11.5. The average molecular weight is 493 g/mol. The molecule has 3 aromatic rings. The molecule has 0 saturated carbocycles. The van der Waals surface area contributed by atoms with Gasteiger partial charge in [0, 0.05) is 30.6 Å². The number of anilines is 4. The number of primary amides is 1. The summed E-state index contributed by atoms with van der Waals surface area (Å²) in [5, 5.41) is 11.1. The molecule has 11 heteroatoms. The Hall–Kier alpha value is -4.12. The van der Waals surface area contributed by atoms with Crippen molar-refractivity contribution in [3.63, 3.8) is 0 Å². The minimum atomic E-state index is -0.777. The number of carbonyl (C=O) groups excluding carboxylic acids is 2. The number of benzene rings is 2. The number of rotatable bonds is 7. The van der Waals surface area contributed by atoms with Crippen LogP contribution in [0, 0.1) is 0 Å². The number of hydrogen-bond acceptors (Lipinski definition) is 9. The summed E-state index contributed by atoms with van der Waals surface area (Å²) in [6, 6.07) is 10.4. The molecule has 0 bridgehead atoms. The van der Waals surface area contributed by atoms with Crippen molar-refractivity contribution in [2.24, 2.45) is 11.5 Å². The Labute approximate surface area is 209 Å². The Kier molecular flexibility index (Phi) is 8.01. The molecule has 2 aromatic carbocycles. The molecular weight excluding hydrogens is 460 g/mol. The summed E-state index contributed by atoms with van der Waals surface area (Å²) in [5.74, 6) is 1.89. The quantitative estimate of drug-likeness (QED) is 0.333. The van der Waals surface area contributed by atoms with Crippen molar-refractivity contribution < 1.29 is 14.3 Å². The van der Waals surface area contributed by atoms with Crippen LogP contribution in [0.15, 0.2) is 42.7 Å². The van der Waals surface area contributed by atoms with Crippen LogP contribution in [0.25, 0.3) is 10.8 Å². The number of amides is 2. The second-order valence-electron chi connectivity index (χ2n) is 8.64. The first-order valence-corrected chi connectivity index (χ1v) is 12.0. The predicted molar refractivity (Wildman–Crippen MR) is 141 cm³/mol. The summed E-state index contributed by atoms with van der Waals surface area (Å²) in [6.07, 6.45) is 4.48. The lowest BCUT2D eigenvalue weighted by Gasteiger charge is -2.18. The fraction of sp³-hybridized carbons (Fsp3) is 0.360. The Balaban J connectivity index is 0.000000185. The number of aromatic nitrogens is 2. The van der Waals surface area contributed by atoms with Gasteiger partial charge < -0.3 is 37.1 Å². The SMILES string of the molecule is COc1cccc2ccc(NC(=O)[C@@H](N)CCC(N)=O)cc12.c1nc2c(c(N3CCCC3)n1)NCN2. The highest BCUT2D eigenvalue weighted by atomic mass is 16.5. The van der Waals surface area contributed by atoms with Crippen LogP contribution in [0.4, 0.5) is 23.0 Å². The molecule has 2 amide bonds. The standard InChI is InChI=1S/C16H19N3O3.C9H13N5/c1-22-14-4-2-3-10-5-6-11(9-12(10)14)19-16(21)13(17)7-8-15(18)20;1-2-4-14(3-1)9-7-8(11-5-10-7)12-6-13-9/h2-6,9,13H,7-8,17H2,1H3,(H2,18,20)(H,19,21);6,10H,1-5H2,(H,11,12,13)/t13-;/m0./s1. The van der Waals surface area contributed by atoms with E-state index in [4.69, 9.17) is 16.2 Å². The van der Waals surface area contributed by atoms with Gasteiger partial charge in [0.25, 0.3) is 0 Å². The number of fused-ring (bicyclic) bond motifs is 2. The van der Waals surface area contributed by atoms with Gasteiger partial charge in [-0.3, -0.25) is 9.59 Å². The Morgan fingerprint density at radius 3 is 2.72 bits per heavy atom. The van der Waals surface area contributed by atoms with E-state index in [1.54, 1.807) is 19.5 Å². The largest absolute Gasteiger partial charge is 0.496 e. The molecule has 2 aliphatic heterocycles. The monoisotopic (exact) mass is 492 g/mol. The van der Waals surface area contributed by atoms with Crippen molar-refractivity contribution in [1.82, 2.24) is 9.97 Å². The molecule has 1 atom stereocenters. The van der Waals surface area contributed by atoms with E-state index in [1.807, 2.05) is 30.3 Å². The number of nitrogens with zero attached hydrogens (tertiary/aromatic N) is 3. The Morgan fingerprint density at radius 2 is 1.97 bits per heavy atom. The molecule has 5 rings (SSSR count). The lowest BCUT2D eigenvalue weighted by atomic mass is 10.1. The Morgan fingerprint density at radius 1 is 1.17 bits per heavy atom. The van der Waals surface area contributed by atoms with Gasteiger partial charge >= 0.3 is 0 Å². The summed E-state index contributed by atoms with van der Waals surface area (Å²) >= 11 is 0. The van der Waals surface area contributed by atoms with Crippen molar-refractivity contribution in [2.75, 3.05) is 47.7 Å². The molecule has 0 unspecified atom stereocenters. The van der Waals surface area contributed by atoms with E-state index in [0.29, 0.717) is 5.69 Å². The smallest absolute Gasteiger partial charge is 0.241 e. The van der Waals surface area contributed by atoms with Crippen LogP contribution in [-0.4, -0.2) is 54.7 Å². The van der Waals surface area contributed by atoms with Crippen LogP contribution in [0.3, 0.4) is 0 Å². The molecule has 1 saturated heterocycles. The fourth-order valence-electron chi connectivity index (χ4n) is 4.22. The predicted octanol–water partition coefficient (Wildman–Crippen LogP) is 2.25. The molecule has 7 N–H and O–H groups in total. The second-order valence-corrected chi connectivity index (χ2v) is 8.64. The maximum Gasteiger partial charge on any atom is 0.241 e. The van der Waals surface area contributed by atoms with Gasteiger partial charge in [-0.1, -0.05) is 18.2 Å². The zero-order valence-electron chi connectivity index (χ0n) is 20.3. The van der Waals surface area contributed by atoms with Crippen molar-refractivity contribution in [3.8, 4) is 5.75 Å². The fourth-order valence-corrected chi connectivity index (χ4v) is 4.22. The van der Waals surface area contributed by atoms with Gasteiger partial charge in [-0.25, -0.2) is 9.97 Å². The van der Waals surface area contributed by atoms with E-state index in [2.05, 4.69) is 30.8 Å². The highest BCUT2D eigenvalue weighted by molar-refractivity contribution is 5.98. The van der Waals surface area contributed by atoms with Gasteiger partial charge in [0.15, 0.2) is 11.6 Å². The topological polar surface area (TPSA) is 161 Å². The van der Waals surface area contributed by atoms with Crippen LogP contribution in [0.1, 0.15) is 25.7 Å². The van der Waals surface area contributed by atoms with Crippen LogP contribution in [0.5, 0.6) is 5.75 Å². The van der Waals surface area contributed by atoms with Crippen molar-refractivity contribution >= 4 is 45.6 Å². The third kappa shape index (κ3) is 5.92. The third-order valence-corrected chi connectivity index (χ3v) is 6.12. The van der Waals surface area contributed by atoms with Crippen molar-refractivity contribution in [2.45, 2.75) is 31.7 Å². The van der Waals surface area contributed by atoms with Gasteiger partial charge in [0.1, 0.15) is 17.8 Å². The Bertz CT molecular complexity index is 1230. The van der Waals surface area contributed by atoms with Crippen molar-refractivity contribution in [1.29, 1.82) is 0 Å². The van der Waals surface area contributed by atoms with Crippen LogP contribution in [-0.2, 0) is 9.59 Å². The number of carbonyl (C=O) groups is 2. The molecule has 11 nitrogen and oxygen atoms in total. The zero-order chi connectivity index (χ0) is 25.5. The summed E-state index contributed by atoms with van der Waals surface area (Å²) in [7, 11) is 1.60. The van der Waals surface area contributed by atoms with Crippen LogP contribution < -0.4 is 37.1 Å². The lowest BCUT2D eigenvalue weighted by molar-refractivity contribution is -0.119. The van der Waals surface area contributed by atoms with Crippen LogP contribution >= 0.6 is 0 Å². The lowest BCUT2D eigenvalue weighted by Crippen LogP contribution is -2.36. The number of hydrogen-bond donors (Lipinski definition) is 5. The molecular formula is C25H32N8O3. The van der Waals surface area contributed by atoms with E-state index in [1.165, 1.54) is 12.8 Å². The maximum absolute atomic E-state index is 12.0. The maximum atomic E-state index is 12.0. The number of methoxy groups -OCH3 is 1.